The van der Waals surface area contributed by atoms with Crippen molar-refractivity contribution in [1.82, 2.24) is 20.1 Å². The van der Waals surface area contributed by atoms with Gasteiger partial charge in [0, 0.05) is 16.4 Å². The molecular weight excluding hydrogens is 316 g/mol. The maximum atomic E-state index is 4.76. The van der Waals surface area contributed by atoms with E-state index in [4.69, 9.17) is 5.10 Å². The summed E-state index contributed by atoms with van der Waals surface area (Å²) in [7, 11) is 1.98. The van der Waals surface area contributed by atoms with E-state index < -0.39 is 0 Å². The van der Waals surface area contributed by atoms with Gasteiger partial charge in [-0.1, -0.05) is 13.8 Å². The van der Waals surface area contributed by atoms with Crippen LogP contribution < -0.4 is 5.32 Å². The molecule has 0 saturated heterocycles. The topological polar surface area (TPSA) is 42.7 Å². The smallest absolute Gasteiger partial charge is 0.153 e. The van der Waals surface area contributed by atoms with Crippen molar-refractivity contribution >= 4 is 15.9 Å². The molecule has 1 N–H and O–H groups in total. The molecule has 0 spiro atoms. The summed E-state index contributed by atoms with van der Waals surface area (Å²) in [5.74, 6) is 0.885. The minimum Gasteiger partial charge on any atom is -0.319 e. The first kappa shape index (κ1) is 15.2. The minimum absolute atomic E-state index is 0.885. The van der Waals surface area contributed by atoms with Crippen LogP contribution >= 0.6 is 15.9 Å². The zero-order valence-corrected chi connectivity index (χ0v) is 13.9. The summed E-state index contributed by atoms with van der Waals surface area (Å²) in [4.78, 5) is 4.46. The average molecular weight is 337 g/mol. The summed E-state index contributed by atoms with van der Waals surface area (Å²) in [5, 5.41) is 7.98. The lowest BCUT2D eigenvalue weighted by Gasteiger charge is -2.07. The third-order valence-corrected chi connectivity index (χ3v) is 3.87. The third kappa shape index (κ3) is 3.10. The summed E-state index contributed by atoms with van der Waals surface area (Å²) >= 11 is 3.42. The van der Waals surface area contributed by atoms with E-state index in [2.05, 4.69) is 40.1 Å². The van der Waals surface area contributed by atoms with Crippen LogP contribution in [0.2, 0.25) is 0 Å². The fraction of sp³-hybridized carbons (Fsp3) is 0.467. The van der Waals surface area contributed by atoms with Crippen molar-refractivity contribution < 1.29 is 0 Å². The van der Waals surface area contributed by atoms with Crippen LogP contribution in [0, 0.1) is 0 Å². The minimum atomic E-state index is 0.885. The molecule has 2 rings (SSSR count). The standard InChI is InChI=1S/C15H21BrN4/c1-4-13-12(8-9-17-3)14(5-2)20(19-13)15-7-6-11(16)10-18-15/h6-7,10,17H,4-5,8-9H2,1-3H3. The lowest BCUT2D eigenvalue weighted by molar-refractivity contribution is 0.762. The first-order valence-electron chi connectivity index (χ1n) is 7.07. The van der Waals surface area contributed by atoms with Crippen molar-refractivity contribution in [3.05, 3.63) is 39.8 Å². The summed E-state index contributed by atoms with van der Waals surface area (Å²) in [6.07, 6.45) is 4.74. The van der Waals surface area contributed by atoms with Crippen LogP contribution in [-0.2, 0) is 19.3 Å². The maximum Gasteiger partial charge on any atom is 0.153 e. The van der Waals surface area contributed by atoms with Gasteiger partial charge < -0.3 is 5.32 Å². The fourth-order valence-electron chi connectivity index (χ4n) is 2.40. The van der Waals surface area contributed by atoms with Crippen molar-refractivity contribution in [3.63, 3.8) is 0 Å². The Kier molecular flexibility index (Phi) is 5.31. The van der Waals surface area contributed by atoms with Crippen molar-refractivity contribution in [1.29, 1.82) is 0 Å². The van der Waals surface area contributed by atoms with E-state index in [1.807, 2.05) is 30.1 Å². The van der Waals surface area contributed by atoms with Gasteiger partial charge in [0.2, 0.25) is 0 Å². The first-order valence-corrected chi connectivity index (χ1v) is 7.86. The number of rotatable bonds is 6. The molecule has 108 valence electrons. The van der Waals surface area contributed by atoms with Gasteiger partial charge >= 0.3 is 0 Å². The maximum absolute atomic E-state index is 4.76. The van der Waals surface area contributed by atoms with E-state index in [-0.39, 0.29) is 0 Å². The predicted octanol–water partition coefficient (Wildman–Crippen LogP) is 2.92. The molecule has 0 bridgehead atoms. The van der Waals surface area contributed by atoms with Crippen LogP contribution in [0.3, 0.4) is 0 Å². The molecule has 0 aliphatic heterocycles. The summed E-state index contributed by atoms with van der Waals surface area (Å²) in [6, 6.07) is 4.00. The lowest BCUT2D eigenvalue weighted by Crippen LogP contribution is -2.12. The van der Waals surface area contributed by atoms with Gasteiger partial charge in [-0.2, -0.15) is 5.10 Å². The Hall–Kier alpha value is -1.20. The highest BCUT2D eigenvalue weighted by Gasteiger charge is 2.16. The van der Waals surface area contributed by atoms with E-state index in [0.717, 1.165) is 36.1 Å². The number of nitrogens with zero attached hydrogens (tertiary/aromatic N) is 3. The second kappa shape index (κ2) is 6.99. The summed E-state index contributed by atoms with van der Waals surface area (Å²) in [6.45, 7) is 5.30. The van der Waals surface area contributed by atoms with Gasteiger partial charge in [-0.3, -0.25) is 0 Å². The molecule has 2 heterocycles. The molecule has 20 heavy (non-hydrogen) atoms. The molecule has 0 saturated carbocycles. The molecule has 0 radical (unpaired) electrons. The van der Waals surface area contributed by atoms with E-state index in [9.17, 15) is 0 Å². The number of likely N-dealkylation sites (N-methyl/N-ethyl adjacent to an activating group) is 1. The van der Waals surface area contributed by atoms with Gasteiger partial charge in [0.1, 0.15) is 0 Å². The van der Waals surface area contributed by atoms with Crippen LogP contribution in [-0.4, -0.2) is 28.4 Å². The molecule has 0 fully saturated rings. The third-order valence-electron chi connectivity index (χ3n) is 3.40. The molecule has 2 aromatic rings. The number of aryl methyl sites for hydroxylation is 1. The van der Waals surface area contributed by atoms with Crippen LogP contribution in [0.1, 0.15) is 30.8 Å². The van der Waals surface area contributed by atoms with Gasteiger partial charge in [0.15, 0.2) is 5.82 Å². The second-order valence-electron chi connectivity index (χ2n) is 4.68. The van der Waals surface area contributed by atoms with E-state index in [1.54, 1.807) is 0 Å². The van der Waals surface area contributed by atoms with Crippen LogP contribution in [0.4, 0.5) is 0 Å². The van der Waals surface area contributed by atoms with Gasteiger partial charge in [0.25, 0.3) is 0 Å². The molecule has 5 heteroatoms. The fourth-order valence-corrected chi connectivity index (χ4v) is 2.64. The normalized spacial score (nSPS) is 11.0. The van der Waals surface area contributed by atoms with E-state index in [0.29, 0.717) is 0 Å². The Bertz CT molecular complexity index is 560. The Morgan fingerprint density at radius 3 is 2.60 bits per heavy atom. The van der Waals surface area contributed by atoms with Gasteiger partial charge in [-0.05, 0) is 66.5 Å². The number of hydrogen-bond acceptors (Lipinski definition) is 3. The summed E-state index contributed by atoms with van der Waals surface area (Å²) < 4.78 is 2.98. The highest BCUT2D eigenvalue weighted by Crippen LogP contribution is 2.20. The SMILES string of the molecule is CCc1nn(-c2ccc(Br)cn2)c(CC)c1CCNC. The quantitative estimate of drug-likeness (QED) is 0.881. The zero-order chi connectivity index (χ0) is 14.5. The molecule has 0 aliphatic rings. The zero-order valence-electron chi connectivity index (χ0n) is 12.3. The largest absolute Gasteiger partial charge is 0.319 e. The molecule has 0 amide bonds. The molecule has 0 aliphatic carbocycles. The first-order chi connectivity index (χ1) is 9.71. The second-order valence-corrected chi connectivity index (χ2v) is 5.59. The van der Waals surface area contributed by atoms with Crippen molar-refractivity contribution in [3.8, 4) is 5.82 Å². The highest BCUT2D eigenvalue weighted by atomic mass is 79.9. The number of hydrogen-bond donors (Lipinski definition) is 1. The Balaban J connectivity index is 2.47. The highest BCUT2D eigenvalue weighted by molar-refractivity contribution is 9.10. The van der Waals surface area contributed by atoms with Crippen molar-refractivity contribution in [2.45, 2.75) is 33.1 Å². The molecule has 2 aromatic heterocycles. The number of aromatic nitrogens is 3. The summed E-state index contributed by atoms with van der Waals surface area (Å²) in [5.41, 5.74) is 3.82. The number of halogens is 1. The predicted molar refractivity (Wildman–Crippen MR) is 85.4 cm³/mol. The van der Waals surface area contributed by atoms with Crippen molar-refractivity contribution in [2.75, 3.05) is 13.6 Å². The molecular formula is C15H21BrN4. The lowest BCUT2D eigenvalue weighted by atomic mass is 10.1. The van der Waals surface area contributed by atoms with Gasteiger partial charge in [-0.15, -0.1) is 0 Å². The van der Waals surface area contributed by atoms with Gasteiger partial charge in [0.05, 0.1) is 5.69 Å². The molecule has 0 aromatic carbocycles. The number of pyridine rings is 1. The molecule has 0 atom stereocenters. The monoisotopic (exact) mass is 336 g/mol. The Morgan fingerprint density at radius 2 is 2.05 bits per heavy atom. The van der Waals surface area contributed by atoms with E-state index >= 15 is 0 Å². The van der Waals surface area contributed by atoms with Crippen LogP contribution in [0.15, 0.2) is 22.8 Å². The van der Waals surface area contributed by atoms with Crippen LogP contribution in [0.25, 0.3) is 5.82 Å². The van der Waals surface area contributed by atoms with E-state index in [1.165, 1.54) is 17.0 Å². The molecule has 4 nitrogen and oxygen atoms in total. The van der Waals surface area contributed by atoms with Gasteiger partial charge in [-0.25, -0.2) is 9.67 Å². The Morgan fingerprint density at radius 1 is 1.25 bits per heavy atom. The number of nitrogens with one attached hydrogen (secondary N) is 1. The van der Waals surface area contributed by atoms with Crippen molar-refractivity contribution in [2.24, 2.45) is 0 Å². The average Bonchev–Trinajstić information content (AvgIpc) is 2.83. The van der Waals surface area contributed by atoms with Crippen LogP contribution in [0.5, 0.6) is 0 Å². The molecule has 0 unspecified atom stereocenters. The Labute approximate surface area is 128 Å².